The van der Waals surface area contributed by atoms with Crippen molar-refractivity contribution in [2.75, 3.05) is 5.73 Å². The summed E-state index contributed by atoms with van der Waals surface area (Å²) in [6.45, 7) is 1.98. The van der Waals surface area contributed by atoms with Crippen LogP contribution in [0.15, 0.2) is 35.1 Å². The molecular formula is C10H10N2O. The topological polar surface area (TPSA) is 52.0 Å². The highest BCUT2D eigenvalue weighted by Gasteiger charge is 2.08. The average Bonchev–Trinajstić information content (AvgIpc) is 2.57. The number of nitrogens with two attached hydrogens (primary N) is 1. The number of hydrogen-bond donors (Lipinski definition) is 1. The van der Waals surface area contributed by atoms with E-state index < -0.39 is 0 Å². The molecule has 66 valence electrons. The number of nitrogens with zero attached hydrogens (tertiary/aromatic N) is 1. The van der Waals surface area contributed by atoms with Gasteiger partial charge >= 0.3 is 0 Å². The fraction of sp³-hybridized carbons (Fsp3) is 0.100. The third kappa shape index (κ3) is 1.28. The molecule has 3 heteroatoms. The molecule has 0 spiro atoms. The molecule has 0 aliphatic heterocycles. The Kier molecular flexibility index (Phi) is 1.77. The number of aromatic nitrogens is 1. The first-order valence-electron chi connectivity index (χ1n) is 4.04. The zero-order chi connectivity index (χ0) is 9.26. The first-order chi connectivity index (χ1) is 6.29. The molecule has 0 aliphatic carbocycles. The summed E-state index contributed by atoms with van der Waals surface area (Å²) in [5, 5.41) is 0. The van der Waals surface area contributed by atoms with Crippen molar-refractivity contribution in [2.24, 2.45) is 0 Å². The van der Waals surface area contributed by atoms with Crippen molar-refractivity contribution in [3.63, 3.8) is 0 Å². The molecule has 0 fully saturated rings. The van der Waals surface area contributed by atoms with E-state index in [9.17, 15) is 0 Å². The molecule has 0 aliphatic rings. The molecule has 0 radical (unpaired) electrons. The van der Waals surface area contributed by atoms with Crippen LogP contribution in [0.1, 0.15) is 5.56 Å². The van der Waals surface area contributed by atoms with Gasteiger partial charge in [-0.15, -0.1) is 0 Å². The van der Waals surface area contributed by atoms with Crippen molar-refractivity contribution in [1.82, 2.24) is 4.98 Å². The van der Waals surface area contributed by atoms with Crippen molar-refractivity contribution in [3.05, 3.63) is 36.2 Å². The van der Waals surface area contributed by atoms with Gasteiger partial charge in [-0.05, 0) is 30.7 Å². The quantitative estimate of drug-likeness (QED) is 0.721. The van der Waals surface area contributed by atoms with Crippen LogP contribution < -0.4 is 5.73 Å². The number of pyridine rings is 1. The molecule has 13 heavy (non-hydrogen) atoms. The van der Waals surface area contributed by atoms with E-state index in [1.807, 2.05) is 25.1 Å². The fourth-order valence-electron chi connectivity index (χ4n) is 1.32. The molecular weight excluding hydrogens is 164 g/mol. The van der Waals surface area contributed by atoms with E-state index in [2.05, 4.69) is 4.98 Å². The molecule has 0 amide bonds. The molecule has 0 aromatic carbocycles. The molecule has 2 heterocycles. The van der Waals surface area contributed by atoms with Crippen molar-refractivity contribution in [2.45, 2.75) is 6.92 Å². The fourth-order valence-corrected chi connectivity index (χ4v) is 1.32. The van der Waals surface area contributed by atoms with Crippen LogP contribution in [0.3, 0.4) is 0 Å². The lowest BCUT2D eigenvalue weighted by atomic mass is 10.1. The van der Waals surface area contributed by atoms with E-state index in [0.29, 0.717) is 5.82 Å². The van der Waals surface area contributed by atoms with Crippen LogP contribution in [0.2, 0.25) is 0 Å². The van der Waals surface area contributed by atoms with E-state index in [1.54, 1.807) is 12.5 Å². The maximum atomic E-state index is 5.74. The summed E-state index contributed by atoms with van der Waals surface area (Å²) in [5.41, 5.74) is 7.70. The minimum atomic E-state index is 0.509. The van der Waals surface area contributed by atoms with E-state index in [-0.39, 0.29) is 0 Å². The van der Waals surface area contributed by atoms with E-state index >= 15 is 0 Å². The lowest BCUT2D eigenvalue weighted by molar-refractivity contribution is 0.582. The zero-order valence-electron chi connectivity index (χ0n) is 7.32. The van der Waals surface area contributed by atoms with Crippen LogP contribution in [-0.4, -0.2) is 4.98 Å². The Morgan fingerprint density at radius 2 is 2.23 bits per heavy atom. The van der Waals surface area contributed by atoms with Gasteiger partial charge in [-0.25, -0.2) is 4.98 Å². The van der Waals surface area contributed by atoms with Gasteiger partial charge in [0.15, 0.2) is 0 Å². The molecule has 2 aromatic rings. The SMILES string of the molecule is Cc1ccnc(N)c1-c1ccco1. The summed E-state index contributed by atoms with van der Waals surface area (Å²) >= 11 is 0. The van der Waals surface area contributed by atoms with Gasteiger partial charge in [0.25, 0.3) is 0 Å². The lowest BCUT2D eigenvalue weighted by Crippen LogP contribution is -1.94. The van der Waals surface area contributed by atoms with Gasteiger partial charge in [0, 0.05) is 6.20 Å². The number of aryl methyl sites for hydroxylation is 1. The van der Waals surface area contributed by atoms with Gasteiger partial charge in [0.2, 0.25) is 0 Å². The summed E-state index contributed by atoms with van der Waals surface area (Å²) in [5.74, 6) is 1.28. The van der Waals surface area contributed by atoms with E-state index in [0.717, 1.165) is 16.9 Å². The van der Waals surface area contributed by atoms with Crippen LogP contribution in [0.25, 0.3) is 11.3 Å². The van der Waals surface area contributed by atoms with Gasteiger partial charge in [-0.1, -0.05) is 0 Å². The Morgan fingerprint density at radius 1 is 1.38 bits per heavy atom. The first-order valence-corrected chi connectivity index (χ1v) is 4.04. The maximum Gasteiger partial charge on any atom is 0.137 e. The summed E-state index contributed by atoms with van der Waals surface area (Å²) in [7, 11) is 0. The van der Waals surface area contributed by atoms with Gasteiger partial charge in [-0.3, -0.25) is 0 Å². The van der Waals surface area contributed by atoms with Crippen LogP contribution in [-0.2, 0) is 0 Å². The monoisotopic (exact) mass is 174 g/mol. The third-order valence-electron chi connectivity index (χ3n) is 1.96. The summed E-state index contributed by atoms with van der Waals surface area (Å²) < 4.78 is 5.26. The Morgan fingerprint density at radius 3 is 2.85 bits per heavy atom. The predicted molar refractivity (Wildman–Crippen MR) is 51.1 cm³/mol. The second-order valence-corrected chi connectivity index (χ2v) is 2.87. The predicted octanol–water partition coefficient (Wildman–Crippen LogP) is 2.23. The Labute approximate surface area is 76.2 Å². The highest BCUT2D eigenvalue weighted by Crippen LogP contribution is 2.27. The van der Waals surface area contributed by atoms with Gasteiger partial charge < -0.3 is 10.2 Å². The molecule has 2 rings (SSSR count). The summed E-state index contributed by atoms with van der Waals surface area (Å²) in [6.07, 6.45) is 3.32. The second kappa shape index (κ2) is 2.94. The lowest BCUT2D eigenvalue weighted by Gasteiger charge is -2.04. The molecule has 0 saturated heterocycles. The third-order valence-corrected chi connectivity index (χ3v) is 1.96. The van der Waals surface area contributed by atoms with Crippen molar-refractivity contribution in [1.29, 1.82) is 0 Å². The number of anilines is 1. The van der Waals surface area contributed by atoms with Crippen LogP contribution in [0.4, 0.5) is 5.82 Å². The normalized spacial score (nSPS) is 10.2. The molecule has 0 atom stereocenters. The largest absolute Gasteiger partial charge is 0.464 e. The Balaban J connectivity index is 2.64. The molecule has 0 bridgehead atoms. The average molecular weight is 174 g/mol. The highest BCUT2D eigenvalue weighted by atomic mass is 16.3. The van der Waals surface area contributed by atoms with Gasteiger partial charge in [0.1, 0.15) is 11.6 Å². The van der Waals surface area contributed by atoms with Gasteiger partial charge in [-0.2, -0.15) is 0 Å². The standard InChI is InChI=1S/C10H10N2O/c1-7-4-5-12-10(11)9(7)8-3-2-6-13-8/h2-6H,1H3,(H2,11,12). The number of hydrogen-bond acceptors (Lipinski definition) is 3. The number of furan rings is 1. The highest BCUT2D eigenvalue weighted by molar-refractivity contribution is 5.72. The molecule has 2 N–H and O–H groups in total. The first kappa shape index (κ1) is 7.86. The van der Waals surface area contributed by atoms with Crippen LogP contribution in [0, 0.1) is 6.92 Å². The molecule has 0 unspecified atom stereocenters. The van der Waals surface area contributed by atoms with E-state index in [4.69, 9.17) is 10.2 Å². The number of nitrogen functional groups attached to an aromatic ring is 1. The zero-order valence-corrected chi connectivity index (χ0v) is 7.32. The molecule has 0 saturated carbocycles. The Bertz CT molecular complexity index is 387. The van der Waals surface area contributed by atoms with Crippen LogP contribution in [0.5, 0.6) is 0 Å². The minimum Gasteiger partial charge on any atom is -0.464 e. The van der Waals surface area contributed by atoms with Crippen molar-refractivity contribution in [3.8, 4) is 11.3 Å². The Hall–Kier alpha value is -1.77. The second-order valence-electron chi connectivity index (χ2n) is 2.87. The smallest absolute Gasteiger partial charge is 0.137 e. The molecule has 3 nitrogen and oxygen atoms in total. The summed E-state index contributed by atoms with van der Waals surface area (Å²) in [6, 6.07) is 5.62. The maximum absolute atomic E-state index is 5.74. The van der Waals surface area contributed by atoms with Gasteiger partial charge in [0.05, 0.1) is 11.8 Å². The van der Waals surface area contributed by atoms with Crippen molar-refractivity contribution < 1.29 is 4.42 Å². The summed E-state index contributed by atoms with van der Waals surface area (Å²) in [4.78, 5) is 4.01. The number of rotatable bonds is 1. The van der Waals surface area contributed by atoms with Crippen LogP contribution >= 0.6 is 0 Å². The minimum absolute atomic E-state index is 0.509. The van der Waals surface area contributed by atoms with Crippen molar-refractivity contribution >= 4 is 5.82 Å². The molecule has 2 aromatic heterocycles. The van der Waals surface area contributed by atoms with E-state index in [1.165, 1.54) is 0 Å².